The fraction of sp³-hybridized carbons (Fsp3) is 0.0588. The summed E-state index contributed by atoms with van der Waals surface area (Å²) >= 11 is 0. The molecule has 0 aromatic heterocycles. The van der Waals surface area contributed by atoms with Gasteiger partial charge < -0.3 is 14.5 Å². The first-order valence-corrected chi connectivity index (χ1v) is 18.7. The van der Waals surface area contributed by atoms with E-state index in [0.29, 0.717) is 0 Å². The number of hydrogen-bond acceptors (Lipinski definition) is 3. The van der Waals surface area contributed by atoms with Crippen molar-refractivity contribution in [2.24, 2.45) is 0 Å². The van der Waals surface area contributed by atoms with Crippen molar-refractivity contribution in [3.8, 4) is 22.6 Å². The minimum absolute atomic E-state index is 0.313. The first-order chi connectivity index (χ1) is 26.5. The largest absolute Gasteiger partial charge is 0.453 e. The van der Waals surface area contributed by atoms with E-state index in [1.165, 1.54) is 60.3 Å². The summed E-state index contributed by atoms with van der Waals surface area (Å²) < 4.78 is 7.07. The monoisotopic (exact) mass is 692 g/mol. The molecule has 256 valence electrons. The molecular weight excluding hydrogens is 657 g/mol. The van der Waals surface area contributed by atoms with Gasteiger partial charge in [-0.05, 0) is 80.2 Å². The van der Waals surface area contributed by atoms with E-state index in [9.17, 15) is 0 Å². The molecule has 9 aromatic rings. The third-order valence-corrected chi connectivity index (χ3v) is 11.6. The SMILES string of the molecule is CC1(C)c2ccccc2N2c3c(cc(N(c4ccc(-c5ccccc5)cc4)c4cc5ccccc5c5ccccc45)cc31)Oc1ccc3ccccc3c12. The number of rotatable bonds is 4. The van der Waals surface area contributed by atoms with Crippen molar-refractivity contribution in [3.63, 3.8) is 0 Å². The lowest BCUT2D eigenvalue weighted by Gasteiger charge is -2.45. The zero-order chi connectivity index (χ0) is 36.0. The molecule has 0 amide bonds. The summed E-state index contributed by atoms with van der Waals surface area (Å²) in [4.78, 5) is 4.89. The van der Waals surface area contributed by atoms with Gasteiger partial charge in [-0.2, -0.15) is 0 Å². The van der Waals surface area contributed by atoms with Crippen LogP contribution in [0.5, 0.6) is 11.5 Å². The van der Waals surface area contributed by atoms with Crippen molar-refractivity contribution in [1.29, 1.82) is 0 Å². The van der Waals surface area contributed by atoms with Crippen LogP contribution in [-0.2, 0) is 5.41 Å². The Balaban J connectivity index is 1.20. The summed E-state index contributed by atoms with van der Waals surface area (Å²) in [5.41, 5.74) is 11.2. The lowest BCUT2D eigenvalue weighted by Crippen LogP contribution is -2.32. The van der Waals surface area contributed by atoms with Gasteiger partial charge in [0.1, 0.15) is 0 Å². The van der Waals surface area contributed by atoms with E-state index in [1.54, 1.807) is 0 Å². The van der Waals surface area contributed by atoms with Gasteiger partial charge in [-0.15, -0.1) is 0 Å². The maximum Gasteiger partial charge on any atom is 0.153 e. The molecule has 0 bridgehead atoms. The average molecular weight is 693 g/mol. The van der Waals surface area contributed by atoms with Crippen molar-refractivity contribution in [1.82, 2.24) is 0 Å². The highest BCUT2D eigenvalue weighted by Crippen LogP contribution is 2.62. The normalized spacial score (nSPS) is 13.6. The molecule has 0 saturated carbocycles. The maximum absolute atomic E-state index is 7.07. The molecule has 0 aliphatic carbocycles. The topological polar surface area (TPSA) is 15.7 Å². The van der Waals surface area contributed by atoms with Gasteiger partial charge in [0.2, 0.25) is 0 Å². The molecule has 0 radical (unpaired) electrons. The lowest BCUT2D eigenvalue weighted by atomic mass is 9.72. The fourth-order valence-electron chi connectivity index (χ4n) is 8.95. The molecule has 0 atom stereocenters. The number of anilines is 6. The van der Waals surface area contributed by atoms with Crippen molar-refractivity contribution in [2.45, 2.75) is 19.3 Å². The number of ether oxygens (including phenoxy) is 1. The quantitative estimate of drug-likeness (QED) is 0.171. The zero-order valence-corrected chi connectivity index (χ0v) is 30.1. The Morgan fingerprint density at radius 3 is 1.91 bits per heavy atom. The first-order valence-electron chi connectivity index (χ1n) is 18.7. The van der Waals surface area contributed by atoms with Gasteiger partial charge >= 0.3 is 0 Å². The van der Waals surface area contributed by atoms with Crippen LogP contribution in [0.3, 0.4) is 0 Å². The molecular formula is C51H36N2O. The number of para-hydroxylation sites is 1. The second-order valence-corrected chi connectivity index (χ2v) is 15.0. The van der Waals surface area contributed by atoms with Gasteiger partial charge in [0.25, 0.3) is 0 Å². The number of benzene rings is 9. The lowest BCUT2D eigenvalue weighted by molar-refractivity contribution is 0.472. The van der Waals surface area contributed by atoms with Crippen molar-refractivity contribution >= 4 is 66.4 Å². The van der Waals surface area contributed by atoms with E-state index in [1.807, 2.05) is 0 Å². The van der Waals surface area contributed by atoms with Crippen LogP contribution in [0.25, 0.3) is 43.4 Å². The molecule has 0 unspecified atom stereocenters. The van der Waals surface area contributed by atoms with Gasteiger partial charge in [0, 0.05) is 27.9 Å². The van der Waals surface area contributed by atoms with Gasteiger partial charge in [-0.3, -0.25) is 0 Å². The molecule has 0 saturated heterocycles. The molecule has 2 heterocycles. The second kappa shape index (κ2) is 11.6. The highest BCUT2D eigenvalue weighted by molar-refractivity contribution is 6.15. The Morgan fingerprint density at radius 1 is 0.444 bits per heavy atom. The first kappa shape index (κ1) is 30.8. The van der Waals surface area contributed by atoms with E-state index >= 15 is 0 Å². The minimum atomic E-state index is -0.313. The molecule has 0 N–H and O–H groups in total. The summed E-state index contributed by atoms with van der Waals surface area (Å²) in [5.74, 6) is 1.71. The Morgan fingerprint density at radius 2 is 1.09 bits per heavy atom. The molecule has 0 spiro atoms. The molecule has 2 aliphatic rings. The average Bonchev–Trinajstić information content (AvgIpc) is 3.23. The second-order valence-electron chi connectivity index (χ2n) is 15.0. The summed E-state index contributed by atoms with van der Waals surface area (Å²) in [7, 11) is 0. The number of fused-ring (bicyclic) bond motifs is 9. The Hall–Kier alpha value is -6.84. The predicted molar refractivity (Wildman–Crippen MR) is 226 cm³/mol. The van der Waals surface area contributed by atoms with Crippen LogP contribution in [0.15, 0.2) is 182 Å². The molecule has 11 rings (SSSR count). The van der Waals surface area contributed by atoms with Crippen molar-refractivity contribution in [3.05, 3.63) is 193 Å². The Bertz CT molecular complexity index is 2950. The van der Waals surface area contributed by atoms with Crippen molar-refractivity contribution in [2.75, 3.05) is 9.80 Å². The predicted octanol–water partition coefficient (Wildman–Crippen LogP) is 14.5. The van der Waals surface area contributed by atoms with Crippen LogP contribution >= 0.6 is 0 Å². The standard InChI is InChI=1S/C51H36N2O/c1-51(2)43-22-12-13-23-45(43)53-49-40-19-9-6-16-35(40)26-29-47(49)54-48-32-38(31-44(51)50(48)53)52(37-27-24-34(25-28-37)33-14-4-3-5-15-33)46-30-36-17-7-8-18-39(36)41-20-10-11-21-42(41)46/h3-32H,1-2H3. The van der Waals surface area contributed by atoms with Crippen LogP contribution in [0.1, 0.15) is 25.0 Å². The fourth-order valence-corrected chi connectivity index (χ4v) is 8.95. The molecule has 9 aromatic carbocycles. The summed E-state index contributed by atoms with van der Waals surface area (Å²) in [6.45, 7) is 4.71. The smallest absolute Gasteiger partial charge is 0.153 e. The Kier molecular flexibility index (Phi) is 6.60. The summed E-state index contributed by atoms with van der Waals surface area (Å²) in [5, 5.41) is 7.24. The maximum atomic E-state index is 7.07. The third-order valence-electron chi connectivity index (χ3n) is 11.6. The van der Waals surface area contributed by atoms with E-state index in [0.717, 1.165) is 39.9 Å². The Labute approximate surface area is 314 Å². The van der Waals surface area contributed by atoms with Crippen molar-refractivity contribution < 1.29 is 4.74 Å². The zero-order valence-electron chi connectivity index (χ0n) is 30.1. The van der Waals surface area contributed by atoms with E-state index in [4.69, 9.17) is 4.74 Å². The van der Waals surface area contributed by atoms with Crippen LogP contribution in [0.4, 0.5) is 34.1 Å². The number of nitrogens with zero attached hydrogens (tertiary/aromatic N) is 2. The van der Waals surface area contributed by atoms with Gasteiger partial charge in [-0.1, -0.05) is 153 Å². The van der Waals surface area contributed by atoms with E-state index in [2.05, 4.69) is 206 Å². The van der Waals surface area contributed by atoms with E-state index < -0.39 is 0 Å². The van der Waals surface area contributed by atoms with Gasteiger partial charge in [0.05, 0.1) is 28.4 Å². The van der Waals surface area contributed by atoms with Crippen LogP contribution in [0, 0.1) is 0 Å². The summed E-state index contributed by atoms with van der Waals surface area (Å²) in [6.07, 6.45) is 0. The molecule has 3 heteroatoms. The molecule has 2 aliphatic heterocycles. The minimum Gasteiger partial charge on any atom is -0.453 e. The van der Waals surface area contributed by atoms with Gasteiger partial charge in [0.15, 0.2) is 11.5 Å². The number of hydrogen-bond donors (Lipinski definition) is 0. The van der Waals surface area contributed by atoms with Crippen LogP contribution < -0.4 is 14.5 Å². The molecule has 0 fully saturated rings. The third kappa shape index (κ3) is 4.48. The highest BCUT2D eigenvalue weighted by atomic mass is 16.5. The van der Waals surface area contributed by atoms with Gasteiger partial charge in [-0.25, -0.2) is 0 Å². The molecule has 54 heavy (non-hydrogen) atoms. The van der Waals surface area contributed by atoms with E-state index in [-0.39, 0.29) is 5.41 Å². The van der Waals surface area contributed by atoms with Crippen LogP contribution in [0.2, 0.25) is 0 Å². The molecule has 3 nitrogen and oxygen atoms in total. The van der Waals surface area contributed by atoms with Crippen LogP contribution in [-0.4, -0.2) is 0 Å². The summed E-state index contributed by atoms with van der Waals surface area (Å²) in [6, 6.07) is 65.9. The highest BCUT2D eigenvalue weighted by Gasteiger charge is 2.43.